The van der Waals surface area contributed by atoms with Gasteiger partial charge in [-0.1, -0.05) is 37.8 Å². The van der Waals surface area contributed by atoms with E-state index in [2.05, 4.69) is 35.5 Å². The summed E-state index contributed by atoms with van der Waals surface area (Å²) in [7, 11) is 3.55. The lowest BCUT2D eigenvalue weighted by Crippen LogP contribution is -2.50. The summed E-state index contributed by atoms with van der Waals surface area (Å²) in [5, 5.41) is 5.96. The zero-order valence-electron chi connectivity index (χ0n) is 40.5. The van der Waals surface area contributed by atoms with Crippen LogP contribution in [-0.2, 0) is 40.4 Å². The molecule has 0 aliphatic heterocycles. The van der Waals surface area contributed by atoms with Crippen LogP contribution in [0.25, 0.3) is 0 Å². The number of benzene rings is 1. The van der Waals surface area contributed by atoms with Crippen molar-refractivity contribution in [3.63, 3.8) is 0 Å². The average molecular weight is 885 g/mol. The molecular weight excluding hydrogens is 813 g/mol. The van der Waals surface area contributed by atoms with Gasteiger partial charge in [0.05, 0.1) is 12.1 Å². The van der Waals surface area contributed by atoms with Crippen molar-refractivity contribution in [1.29, 1.82) is 0 Å². The van der Waals surface area contributed by atoms with Gasteiger partial charge in [-0.05, 0) is 173 Å². The molecule has 1 aromatic rings. The number of rotatable bonds is 10. The molecule has 3 unspecified atom stereocenters. The second-order valence-corrected chi connectivity index (χ2v) is 21.3. The van der Waals surface area contributed by atoms with Crippen LogP contribution < -0.4 is 10.6 Å². The van der Waals surface area contributed by atoms with Crippen molar-refractivity contribution in [2.24, 2.45) is 21.7 Å². The molecule has 3 atom stereocenters. The average Bonchev–Trinajstić information content (AvgIpc) is 3.96. The van der Waals surface area contributed by atoms with Gasteiger partial charge in [-0.3, -0.25) is 5.32 Å². The number of amides is 2. The van der Waals surface area contributed by atoms with E-state index in [4.69, 9.17) is 28.7 Å². The molecule has 1 spiro atoms. The highest BCUT2D eigenvalue weighted by atomic mass is 16.7. The molecule has 64 heavy (non-hydrogen) atoms. The van der Waals surface area contributed by atoms with Gasteiger partial charge in [0.15, 0.2) is 11.8 Å². The van der Waals surface area contributed by atoms with Crippen LogP contribution in [0.15, 0.2) is 59.0 Å². The van der Waals surface area contributed by atoms with Gasteiger partial charge in [0, 0.05) is 31.0 Å². The maximum atomic E-state index is 14.0. The van der Waals surface area contributed by atoms with E-state index < -0.39 is 57.6 Å². The van der Waals surface area contributed by atoms with Gasteiger partial charge in [-0.25, -0.2) is 19.4 Å². The minimum Gasteiger partial charge on any atom is -0.493 e. The molecule has 13 heteroatoms. The van der Waals surface area contributed by atoms with Gasteiger partial charge in [-0.2, -0.15) is 0 Å². The van der Waals surface area contributed by atoms with Crippen molar-refractivity contribution in [3.05, 3.63) is 70.7 Å². The number of nitrogens with one attached hydrogen (secondary N) is 2. The predicted octanol–water partition coefficient (Wildman–Crippen LogP) is 10.2. The minimum absolute atomic E-state index is 0.217. The third-order valence-corrected chi connectivity index (χ3v) is 11.7. The predicted molar refractivity (Wildman–Crippen MR) is 247 cm³/mol. The number of guanidine groups is 1. The number of hydrogen-bond donors (Lipinski definition) is 2. The Bertz CT molecular complexity index is 2090. The van der Waals surface area contributed by atoms with Gasteiger partial charge < -0.3 is 38.7 Å². The zero-order chi connectivity index (χ0) is 47.3. The number of carbonyl (C=O) groups excluding carboxylic acids is 4. The van der Waals surface area contributed by atoms with Crippen LogP contribution in [0, 0.1) is 28.6 Å². The molecule has 2 fully saturated rings. The minimum atomic E-state index is -1.34. The van der Waals surface area contributed by atoms with Gasteiger partial charge in [0.2, 0.25) is 5.96 Å². The molecular formula is C51H72N4O9. The lowest BCUT2D eigenvalue weighted by atomic mass is 9.62. The van der Waals surface area contributed by atoms with E-state index in [1.165, 1.54) is 0 Å². The maximum Gasteiger partial charge on any atom is 0.514 e. The number of ether oxygens (including phenoxy) is 5. The van der Waals surface area contributed by atoms with E-state index >= 15 is 0 Å². The van der Waals surface area contributed by atoms with E-state index in [1.807, 2.05) is 58.1 Å². The van der Waals surface area contributed by atoms with Gasteiger partial charge in [0.25, 0.3) is 0 Å². The largest absolute Gasteiger partial charge is 0.514 e. The summed E-state index contributed by atoms with van der Waals surface area (Å²) in [6.45, 7) is 20.3. The Balaban J connectivity index is 1.43. The lowest BCUT2D eigenvalue weighted by Gasteiger charge is -2.46. The number of nitrogens with zero attached hydrogens (tertiary/aromatic N) is 2. The summed E-state index contributed by atoms with van der Waals surface area (Å²) in [4.78, 5) is 59.9. The molecule has 4 aliphatic carbocycles. The fourth-order valence-electron chi connectivity index (χ4n) is 8.53. The normalized spacial score (nSPS) is 25.1. The molecule has 350 valence electrons. The highest BCUT2D eigenvalue weighted by Gasteiger charge is 2.60. The smallest absolute Gasteiger partial charge is 0.493 e. The maximum absolute atomic E-state index is 14.0. The first-order valence-electron chi connectivity index (χ1n) is 22.8. The van der Waals surface area contributed by atoms with Crippen molar-refractivity contribution in [1.82, 2.24) is 15.5 Å². The number of aldehydes is 1. The van der Waals surface area contributed by atoms with Crippen molar-refractivity contribution >= 4 is 30.6 Å². The fraction of sp³-hybridized carbons (Fsp3) is 0.627. The van der Waals surface area contributed by atoms with E-state index in [0.29, 0.717) is 68.8 Å². The van der Waals surface area contributed by atoms with Crippen LogP contribution >= 0.6 is 0 Å². The van der Waals surface area contributed by atoms with E-state index in [1.54, 1.807) is 66.6 Å². The quantitative estimate of drug-likeness (QED) is 0.0441. The summed E-state index contributed by atoms with van der Waals surface area (Å²) in [5.41, 5.74) is -1.94. The monoisotopic (exact) mass is 885 g/mol. The van der Waals surface area contributed by atoms with E-state index in [9.17, 15) is 19.2 Å². The SMILES string of the molecule is CCC=C(OC1CCC2(CC1)Cc1ccc(C#CC3CC3)cc1C2(C=O)N=C(NC(=O)OC(C)(C)C)N(C)C)C(CC1(C)C=CC(OC(=O)OC(C)(C)C)=CC1)NC(=O)OC(C)(C)C. The molecule has 2 amide bonds. The molecule has 0 heterocycles. The zero-order valence-corrected chi connectivity index (χ0v) is 40.5. The molecule has 1 aromatic carbocycles. The molecule has 2 N–H and O–H groups in total. The number of carbonyl (C=O) groups is 4. The third-order valence-electron chi connectivity index (χ3n) is 11.7. The Morgan fingerprint density at radius 3 is 2.12 bits per heavy atom. The van der Waals surface area contributed by atoms with Crippen molar-refractivity contribution < 1.29 is 42.9 Å². The van der Waals surface area contributed by atoms with Gasteiger partial charge >= 0.3 is 18.3 Å². The second kappa shape index (κ2) is 19.5. The van der Waals surface area contributed by atoms with Crippen LogP contribution in [0.4, 0.5) is 14.4 Å². The summed E-state index contributed by atoms with van der Waals surface area (Å²) in [5.74, 6) is 8.34. The summed E-state index contributed by atoms with van der Waals surface area (Å²) in [6.07, 6.45) is 13.2. The number of allylic oxidation sites excluding steroid dienone is 4. The van der Waals surface area contributed by atoms with Crippen LogP contribution in [0.2, 0.25) is 0 Å². The highest BCUT2D eigenvalue weighted by Crippen LogP contribution is 2.59. The fourth-order valence-corrected chi connectivity index (χ4v) is 8.53. The standard InChI is InChI=1S/C51H72N4O9/c1-14-15-41(40(52-43(57)62-46(2,3)4)32-49(11)26-22-38(23-27-49)61-45(59)64-48(8,9)10)60-37-24-28-50(29-25-37)31-36-21-20-35(19-18-34-16-17-34)30-39(36)51(50,33-56)54-42(55(12)13)53-44(58)63-47(5,6)7/h15,20-23,26,30,33-34,37,40H,14,16-17,24-25,27-29,31-32H2,1-13H3,(H,52,57)(H,53,54,58). The summed E-state index contributed by atoms with van der Waals surface area (Å²) in [6, 6.07) is 5.55. The molecule has 2 saturated carbocycles. The molecule has 0 bridgehead atoms. The molecule has 5 rings (SSSR count). The number of hydrogen-bond acceptors (Lipinski definition) is 10. The first-order chi connectivity index (χ1) is 29.8. The van der Waals surface area contributed by atoms with Crippen molar-refractivity contribution in [3.8, 4) is 11.8 Å². The van der Waals surface area contributed by atoms with E-state index in [-0.39, 0.29) is 12.1 Å². The Labute approximate surface area is 381 Å². The summed E-state index contributed by atoms with van der Waals surface area (Å²) < 4.78 is 29.1. The van der Waals surface area contributed by atoms with Crippen LogP contribution in [0.1, 0.15) is 151 Å². The van der Waals surface area contributed by atoms with Crippen LogP contribution in [0.5, 0.6) is 0 Å². The van der Waals surface area contributed by atoms with Crippen LogP contribution in [-0.4, -0.2) is 78.5 Å². The molecule has 13 nitrogen and oxygen atoms in total. The Morgan fingerprint density at radius 1 is 0.938 bits per heavy atom. The number of fused-ring (bicyclic) bond motifs is 1. The molecule has 0 aromatic heterocycles. The second-order valence-electron chi connectivity index (χ2n) is 21.3. The van der Waals surface area contributed by atoms with Crippen LogP contribution in [0.3, 0.4) is 0 Å². The Kier molecular flexibility index (Phi) is 15.1. The molecule has 0 saturated heterocycles. The molecule has 4 aliphatic rings. The van der Waals surface area contributed by atoms with Crippen molar-refractivity contribution in [2.45, 2.75) is 175 Å². The van der Waals surface area contributed by atoms with Gasteiger partial charge in [-0.15, -0.1) is 0 Å². The topological polar surface area (TPSA) is 154 Å². The number of alkyl carbamates (subject to hydrolysis) is 2. The molecule has 0 radical (unpaired) electrons. The van der Waals surface area contributed by atoms with Gasteiger partial charge in [0.1, 0.15) is 28.3 Å². The lowest BCUT2D eigenvalue weighted by molar-refractivity contribution is -0.118. The third kappa shape index (κ3) is 13.4. The number of aliphatic imine (C=N–C) groups is 1. The Morgan fingerprint density at radius 2 is 1.58 bits per heavy atom. The van der Waals surface area contributed by atoms with E-state index in [0.717, 1.165) is 35.8 Å². The highest BCUT2D eigenvalue weighted by molar-refractivity contribution is 5.95. The summed E-state index contributed by atoms with van der Waals surface area (Å²) >= 11 is 0. The first kappa shape index (κ1) is 49.8. The first-order valence-corrected chi connectivity index (χ1v) is 22.8. The Hall–Kier alpha value is -5.25. The van der Waals surface area contributed by atoms with Crippen molar-refractivity contribution in [2.75, 3.05) is 14.1 Å².